The normalized spacial score (nSPS) is 11.1. The van der Waals surface area contributed by atoms with Crippen molar-refractivity contribution in [2.75, 3.05) is 0 Å². The molecule has 5 heteroatoms. The van der Waals surface area contributed by atoms with Crippen LogP contribution < -0.4 is 5.32 Å². The van der Waals surface area contributed by atoms with Crippen molar-refractivity contribution >= 4 is 5.91 Å². The molecule has 2 rings (SSSR count). The summed E-state index contributed by atoms with van der Waals surface area (Å²) in [7, 11) is 0. The van der Waals surface area contributed by atoms with Gasteiger partial charge in [0.1, 0.15) is 0 Å². The van der Waals surface area contributed by atoms with E-state index in [0.717, 1.165) is 11.1 Å². The van der Waals surface area contributed by atoms with Crippen LogP contribution in [0.5, 0.6) is 0 Å². The molecule has 4 nitrogen and oxygen atoms in total. The maximum absolute atomic E-state index is 11.7. The van der Waals surface area contributed by atoms with Crippen molar-refractivity contribution in [1.29, 1.82) is 0 Å². The standard InChI is InChI=1S/C16H17N3O.Y/c17-15(14-7-4-10-18-12-14)8-9-16(20)19-11-13-5-2-1-3-6-13;/h1-7,9-10,12,15,17H,8,11H2,(H,19,20);/q-2;. The Kier molecular flexibility index (Phi) is 8.20. The van der Waals surface area contributed by atoms with Gasteiger partial charge in [-0.2, -0.15) is 6.42 Å². The van der Waals surface area contributed by atoms with Crippen LogP contribution in [0.2, 0.25) is 0 Å². The molecule has 0 aliphatic heterocycles. The molecule has 2 N–H and O–H groups in total. The predicted octanol–water partition coefficient (Wildman–Crippen LogP) is 3.08. The van der Waals surface area contributed by atoms with E-state index in [9.17, 15) is 4.79 Å². The fraction of sp³-hybridized carbons (Fsp3) is 0.188. The number of hydrogen-bond acceptors (Lipinski definition) is 2. The van der Waals surface area contributed by atoms with Gasteiger partial charge in [-0.15, -0.1) is 6.04 Å². The number of nitrogens with zero attached hydrogens (tertiary/aromatic N) is 1. The molecule has 1 heterocycles. The van der Waals surface area contributed by atoms with Gasteiger partial charge in [0.25, 0.3) is 0 Å². The van der Waals surface area contributed by atoms with Gasteiger partial charge < -0.3 is 22.3 Å². The first kappa shape index (κ1) is 17.8. The van der Waals surface area contributed by atoms with E-state index >= 15 is 0 Å². The van der Waals surface area contributed by atoms with E-state index in [0.29, 0.717) is 13.0 Å². The van der Waals surface area contributed by atoms with Gasteiger partial charge in [-0.05, 0) is 17.2 Å². The van der Waals surface area contributed by atoms with Crippen LogP contribution in [-0.4, -0.2) is 10.9 Å². The Morgan fingerprint density at radius 2 is 2.00 bits per heavy atom. The predicted molar refractivity (Wildman–Crippen MR) is 78.5 cm³/mol. The van der Waals surface area contributed by atoms with Crippen LogP contribution in [0.15, 0.2) is 54.9 Å². The molecular formula is C16H17N3OY-2. The Bertz CT molecular complexity index is 534. The summed E-state index contributed by atoms with van der Waals surface area (Å²) in [4.78, 5) is 15.7. The molecule has 0 bridgehead atoms. The zero-order valence-corrected chi connectivity index (χ0v) is 14.5. The van der Waals surface area contributed by atoms with Gasteiger partial charge in [0.2, 0.25) is 0 Å². The van der Waals surface area contributed by atoms with Crippen molar-refractivity contribution in [1.82, 2.24) is 10.3 Å². The molecule has 1 atom stereocenters. The van der Waals surface area contributed by atoms with Crippen LogP contribution in [0.3, 0.4) is 0 Å². The summed E-state index contributed by atoms with van der Waals surface area (Å²) >= 11 is 0. The molecule has 107 valence electrons. The van der Waals surface area contributed by atoms with E-state index in [4.69, 9.17) is 5.73 Å². The van der Waals surface area contributed by atoms with Gasteiger partial charge in [0, 0.05) is 51.6 Å². The van der Waals surface area contributed by atoms with Gasteiger partial charge in [-0.3, -0.25) is 4.98 Å². The van der Waals surface area contributed by atoms with Gasteiger partial charge >= 0.3 is 0 Å². The summed E-state index contributed by atoms with van der Waals surface area (Å²) in [6.07, 6.45) is 5.24. The third-order valence-corrected chi connectivity index (χ3v) is 2.94. The summed E-state index contributed by atoms with van der Waals surface area (Å²) in [5.74, 6) is -0.144. The quantitative estimate of drug-likeness (QED) is 0.809. The zero-order chi connectivity index (χ0) is 14.2. The van der Waals surface area contributed by atoms with Crippen molar-refractivity contribution in [3.8, 4) is 0 Å². The van der Waals surface area contributed by atoms with Crippen molar-refractivity contribution in [3.63, 3.8) is 0 Å². The summed E-state index contributed by atoms with van der Waals surface area (Å²) in [5.41, 5.74) is 9.83. The molecule has 2 aromatic rings. The molecule has 1 unspecified atom stereocenters. The molecule has 0 fully saturated rings. The molecular weight excluding hydrogens is 339 g/mol. The maximum atomic E-state index is 11.7. The van der Waals surface area contributed by atoms with Crippen molar-refractivity contribution in [2.24, 2.45) is 0 Å². The number of nitrogens with one attached hydrogen (secondary N) is 2. The number of benzene rings is 1. The molecule has 0 spiro atoms. The minimum absolute atomic E-state index is 0. The second-order valence-corrected chi connectivity index (χ2v) is 4.48. The Morgan fingerprint density at radius 3 is 2.67 bits per heavy atom. The SMILES string of the molecule is [NH-]C(C[CH-]C(=O)NCc1ccccc1)c1cccnc1.[Y]. The van der Waals surface area contributed by atoms with E-state index in [1.54, 1.807) is 18.5 Å². The van der Waals surface area contributed by atoms with Crippen LogP contribution in [0.4, 0.5) is 0 Å². The maximum Gasteiger partial charge on any atom is 0.0826 e. The van der Waals surface area contributed by atoms with Crippen LogP contribution in [-0.2, 0) is 44.0 Å². The molecule has 0 saturated heterocycles. The second kappa shape index (κ2) is 9.66. The first-order chi connectivity index (χ1) is 9.75. The van der Waals surface area contributed by atoms with Crippen LogP contribution in [0.25, 0.3) is 5.73 Å². The molecule has 0 saturated carbocycles. The Balaban J connectivity index is 0.00000220. The van der Waals surface area contributed by atoms with E-state index < -0.39 is 6.04 Å². The van der Waals surface area contributed by atoms with Crippen LogP contribution in [0, 0.1) is 6.42 Å². The Morgan fingerprint density at radius 1 is 1.24 bits per heavy atom. The molecule has 0 aliphatic rings. The van der Waals surface area contributed by atoms with Gasteiger partial charge in [-0.1, -0.05) is 36.4 Å². The van der Waals surface area contributed by atoms with Crippen molar-refractivity contribution < 1.29 is 37.5 Å². The number of hydrogen-bond donors (Lipinski definition) is 1. The number of carbonyl (C=O) groups excluding carboxylic acids is 1. The number of amides is 1. The summed E-state index contributed by atoms with van der Waals surface area (Å²) in [6, 6.07) is 12.9. The van der Waals surface area contributed by atoms with Crippen LogP contribution in [0.1, 0.15) is 23.6 Å². The summed E-state index contributed by atoms with van der Waals surface area (Å²) in [6.45, 7) is 0.506. The molecule has 1 aromatic heterocycles. The average Bonchev–Trinajstić information content (AvgIpc) is 2.52. The van der Waals surface area contributed by atoms with E-state index in [1.807, 2.05) is 36.4 Å². The minimum Gasteiger partial charge on any atom is -0.673 e. The third-order valence-electron chi connectivity index (χ3n) is 2.94. The number of pyridine rings is 1. The molecule has 21 heavy (non-hydrogen) atoms. The Labute approximate surface area is 150 Å². The van der Waals surface area contributed by atoms with Gasteiger partial charge in [0.15, 0.2) is 0 Å². The molecule has 1 radical (unpaired) electrons. The second-order valence-electron chi connectivity index (χ2n) is 4.48. The molecule has 1 aromatic carbocycles. The Hall–Kier alpha value is -1.23. The average molecular weight is 356 g/mol. The molecule has 0 aliphatic carbocycles. The van der Waals surface area contributed by atoms with Gasteiger partial charge in [0.05, 0.1) is 5.91 Å². The minimum atomic E-state index is -0.453. The first-order valence-electron chi connectivity index (χ1n) is 6.51. The number of carbonyl (C=O) groups is 1. The van der Waals surface area contributed by atoms with Crippen molar-refractivity contribution in [3.05, 3.63) is 78.1 Å². The molecule has 1 amide bonds. The zero-order valence-electron chi connectivity index (χ0n) is 11.7. The smallest absolute Gasteiger partial charge is 0.0826 e. The van der Waals surface area contributed by atoms with E-state index in [1.165, 1.54) is 6.42 Å². The van der Waals surface area contributed by atoms with Crippen molar-refractivity contribution in [2.45, 2.75) is 19.0 Å². The fourth-order valence-electron chi connectivity index (χ4n) is 1.80. The largest absolute Gasteiger partial charge is 0.673 e. The van der Waals surface area contributed by atoms with E-state index in [-0.39, 0.29) is 38.6 Å². The number of rotatable bonds is 6. The third kappa shape index (κ3) is 6.38. The van der Waals surface area contributed by atoms with Gasteiger partial charge in [-0.25, -0.2) is 0 Å². The topological polar surface area (TPSA) is 65.8 Å². The van der Waals surface area contributed by atoms with E-state index in [2.05, 4.69) is 10.3 Å². The number of aromatic nitrogens is 1. The monoisotopic (exact) mass is 356 g/mol. The fourth-order valence-corrected chi connectivity index (χ4v) is 1.80. The first-order valence-corrected chi connectivity index (χ1v) is 6.51. The van der Waals surface area contributed by atoms with Crippen LogP contribution >= 0.6 is 0 Å². The summed E-state index contributed by atoms with van der Waals surface area (Å²) in [5, 5.41) is 2.81. The summed E-state index contributed by atoms with van der Waals surface area (Å²) < 4.78 is 0.